The number of hydrogen-bond acceptors (Lipinski definition) is 34. The fourth-order valence-corrected chi connectivity index (χ4v) is 21.2. The summed E-state index contributed by atoms with van der Waals surface area (Å²) in [6.07, 6.45) is 61.8. The van der Waals surface area contributed by atoms with Crippen LogP contribution in [0.15, 0.2) is 0 Å². The minimum absolute atomic E-state index is 0.1000. The highest BCUT2D eigenvalue weighted by Crippen LogP contribution is 2.25. The molecule has 34 heteroatoms. The molecule has 149 heavy (non-hydrogen) atoms. The first-order valence-corrected chi connectivity index (χ1v) is 65.3. The quantitative estimate of drug-likeness (QED) is 0.0310. The highest BCUT2D eigenvalue weighted by molar-refractivity contribution is 8.01. The first kappa shape index (κ1) is 145. The van der Waals surface area contributed by atoms with E-state index in [0.717, 1.165) is 93.0 Å². The summed E-state index contributed by atoms with van der Waals surface area (Å²) in [6.45, 7) is 22.1. The molecule has 6 unspecified atom stereocenters. The van der Waals surface area contributed by atoms with E-state index in [1.807, 2.05) is 49.3 Å². The van der Waals surface area contributed by atoms with Gasteiger partial charge in [0.25, 0.3) is 0 Å². The van der Waals surface area contributed by atoms with Gasteiger partial charge in [0.1, 0.15) is 79.3 Å². The van der Waals surface area contributed by atoms with Crippen LogP contribution < -0.4 is 0 Å². The second-order valence-electron chi connectivity index (χ2n) is 39.5. The van der Waals surface area contributed by atoms with Crippen LogP contribution in [0.3, 0.4) is 0 Å². The Labute approximate surface area is 929 Å². The van der Waals surface area contributed by atoms with Crippen LogP contribution in [0, 0.1) is 0 Å². The van der Waals surface area contributed by atoms with Crippen LogP contribution in [-0.4, -0.2) is 316 Å². The summed E-state index contributed by atoms with van der Waals surface area (Å²) in [6, 6.07) is 0. The van der Waals surface area contributed by atoms with Gasteiger partial charge in [0.2, 0.25) is 0 Å². The summed E-state index contributed by atoms with van der Waals surface area (Å²) < 4.78 is 67.1. The van der Waals surface area contributed by atoms with Crippen molar-refractivity contribution in [3.05, 3.63) is 0 Å². The van der Waals surface area contributed by atoms with Crippen molar-refractivity contribution in [2.45, 2.75) is 467 Å². The molecule has 6 atom stereocenters. The third-order valence-electron chi connectivity index (χ3n) is 26.2. The number of thioether (sulfide) groups is 6. The first-order valence-electron chi connectivity index (χ1n) is 58.8. The highest BCUT2D eigenvalue weighted by Gasteiger charge is 2.26. The molecule has 0 aromatic heterocycles. The second kappa shape index (κ2) is 108. The zero-order valence-electron chi connectivity index (χ0n) is 95.6. The lowest BCUT2D eigenvalue weighted by Gasteiger charge is -2.32. The number of unbranched alkanes of at least 4 members (excludes halogenated alkanes) is 45. The van der Waals surface area contributed by atoms with Crippen molar-refractivity contribution in [2.24, 2.45) is 0 Å². The van der Waals surface area contributed by atoms with Crippen molar-refractivity contribution >= 4 is 142 Å². The molecule has 0 rings (SSSR count). The molecule has 872 valence electrons. The van der Waals surface area contributed by atoms with E-state index >= 15 is 0 Å². The molecule has 0 aliphatic rings. The van der Waals surface area contributed by atoms with E-state index in [9.17, 15) is 57.5 Å². The van der Waals surface area contributed by atoms with Crippen LogP contribution in [0.4, 0.5) is 0 Å². The Morgan fingerprint density at radius 1 is 0.168 bits per heavy atom. The number of nitrogens with zero attached hydrogens (tertiary/aromatic N) is 4. The lowest BCUT2D eigenvalue weighted by molar-refractivity contribution is -0.152. The molecule has 28 nitrogen and oxygen atoms in total. The number of esters is 12. The van der Waals surface area contributed by atoms with Crippen molar-refractivity contribution in [1.29, 1.82) is 0 Å². The van der Waals surface area contributed by atoms with Crippen LogP contribution in [-0.2, 0) is 114 Å². The zero-order chi connectivity index (χ0) is 110. The Bertz CT molecular complexity index is 2980. The Balaban J connectivity index is 7.43. The van der Waals surface area contributed by atoms with Crippen LogP contribution in [0.25, 0.3) is 0 Å². The average Bonchev–Trinajstić information content (AvgIpc) is 0.909. The lowest BCUT2D eigenvalue weighted by Crippen LogP contribution is -2.45. The molecular formula is C115H212N4O24S6. The Morgan fingerprint density at radius 3 is 0.430 bits per heavy atom. The van der Waals surface area contributed by atoms with E-state index < -0.39 is 103 Å². The van der Waals surface area contributed by atoms with Crippen molar-refractivity contribution < 1.29 is 114 Å². The number of ether oxygens (including phenoxy) is 12. The molecular weight excluding hydrogens is 2010 g/mol. The van der Waals surface area contributed by atoms with Gasteiger partial charge in [-0.05, 0) is 109 Å². The van der Waals surface area contributed by atoms with Crippen LogP contribution in [0.2, 0.25) is 0 Å². The largest absolute Gasteiger partial charge is 0.462 e. The Morgan fingerprint density at radius 2 is 0.289 bits per heavy atom. The van der Waals surface area contributed by atoms with Gasteiger partial charge in [0.15, 0.2) is 0 Å². The number of hydrogen-bond donors (Lipinski definition) is 0. The minimum Gasteiger partial charge on any atom is -0.462 e. The molecule has 0 bridgehead atoms. The van der Waals surface area contributed by atoms with Gasteiger partial charge in [-0.15, -0.1) is 58.8 Å². The van der Waals surface area contributed by atoms with Gasteiger partial charge in [-0.1, -0.05) is 324 Å². The number of carbonyl (C=O) groups is 12. The van der Waals surface area contributed by atoms with Crippen molar-refractivity contribution in [1.82, 2.24) is 19.6 Å². The molecule has 0 saturated carbocycles. The number of rotatable bonds is 112. The van der Waals surface area contributed by atoms with E-state index in [-0.39, 0.29) is 196 Å². The van der Waals surface area contributed by atoms with Gasteiger partial charge in [-0.3, -0.25) is 62.4 Å². The van der Waals surface area contributed by atoms with E-state index in [1.54, 1.807) is 72.0 Å². The maximum atomic E-state index is 13.8. The van der Waals surface area contributed by atoms with Gasteiger partial charge in [0, 0.05) is 78.5 Å². The molecule has 0 radical (unpaired) electrons. The molecule has 0 heterocycles. The van der Waals surface area contributed by atoms with E-state index in [0.29, 0.717) is 0 Å². The lowest BCUT2D eigenvalue weighted by atomic mass is 10.1. The standard InChI is InChI=1S/C115H212N4O24S6/c1-13-18-23-28-33-38-43-48-53-58-93-145-99(7)111(127)139-88-82-133-105(121)64-70-116(69-63-104(120)132-81-87-138-110(126)98(6)144-12)75-78-119(79-76-117(71-65-106(122)134-83-89-140-112(128)100(8)146-94-59-54-49-44-39-34-29-24-19-14-2)72-66-107(123)135-84-90-141-113(129)101(9)147-95-60-55-50-45-40-35-30-25-20-15-3)80-77-118(73-67-108(124)136-85-91-142-114(130)102(10)148-96-61-56-51-46-41-36-31-26-21-16-4)74-68-109(125)137-86-92-143-115(131)103(11)149-97-62-57-52-47-42-37-32-27-22-17-5/h98-103H,13-97H2,1-12H3. The number of carbonyl (C=O) groups excluding carboxylic acids is 12. The van der Waals surface area contributed by atoms with E-state index in [1.165, 1.54) is 269 Å². The predicted octanol–water partition coefficient (Wildman–Crippen LogP) is 25.0. The third-order valence-corrected chi connectivity index (χ3v) is 33.2. The summed E-state index contributed by atoms with van der Waals surface area (Å²) in [5.74, 6) is -1.70. The van der Waals surface area contributed by atoms with Gasteiger partial charge in [0.05, 0.1) is 70.0 Å². The second-order valence-corrected chi connectivity index (χ2v) is 48.0. The monoisotopic (exact) mass is 2230 g/mol. The third kappa shape index (κ3) is 95.5. The summed E-state index contributed by atoms with van der Waals surface area (Å²) in [5.41, 5.74) is 0. The molecule has 0 aromatic carbocycles. The van der Waals surface area contributed by atoms with Crippen LogP contribution >= 0.6 is 70.6 Å². The van der Waals surface area contributed by atoms with Gasteiger partial charge >= 0.3 is 71.6 Å². The zero-order valence-corrected chi connectivity index (χ0v) is 101. The van der Waals surface area contributed by atoms with Crippen molar-refractivity contribution in [2.75, 3.05) is 193 Å². The van der Waals surface area contributed by atoms with Gasteiger partial charge < -0.3 is 71.5 Å². The Kier molecular flexibility index (Phi) is 105. The normalized spacial score (nSPS) is 12.7. The van der Waals surface area contributed by atoms with Crippen molar-refractivity contribution in [3.63, 3.8) is 0 Å². The molecule has 0 fully saturated rings. The van der Waals surface area contributed by atoms with Gasteiger partial charge in [-0.2, -0.15) is 11.8 Å². The fourth-order valence-electron chi connectivity index (χ4n) is 16.3. The molecule has 0 N–H and O–H groups in total. The fraction of sp³-hybridized carbons (Fsp3) is 0.896. The van der Waals surface area contributed by atoms with E-state index in [2.05, 4.69) is 39.5 Å². The summed E-state index contributed by atoms with van der Waals surface area (Å²) in [5, 5.41) is -2.44. The maximum absolute atomic E-state index is 13.8. The average molecular weight is 2230 g/mol. The van der Waals surface area contributed by atoms with Crippen molar-refractivity contribution in [3.8, 4) is 0 Å². The summed E-state index contributed by atoms with van der Waals surface area (Å²) >= 11 is 9.07. The predicted molar refractivity (Wildman–Crippen MR) is 617 cm³/mol. The first-order chi connectivity index (χ1) is 72.3. The van der Waals surface area contributed by atoms with E-state index in [4.69, 9.17) is 56.8 Å². The molecule has 0 spiro atoms. The summed E-state index contributed by atoms with van der Waals surface area (Å²) in [4.78, 5) is 168. The van der Waals surface area contributed by atoms with Crippen LogP contribution in [0.1, 0.15) is 436 Å². The summed E-state index contributed by atoms with van der Waals surface area (Å²) in [7, 11) is 0. The van der Waals surface area contributed by atoms with Gasteiger partial charge in [-0.25, -0.2) is 0 Å². The molecule has 0 amide bonds. The van der Waals surface area contributed by atoms with Crippen LogP contribution in [0.5, 0.6) is 0 Å². The SMILES string of the molecule is CCCCCCCCCCCCSC(C)C(=O)OCCOC(=O)CCN(CCC(=O)OCCOC(=O)C(C)SC)CCN(CCN(CCC(=O)OCCOC(=O)C(C)SCCCCCCCCCCCC)CCC(=O)OCCOC(=O)C(C)SCCCCCCCCCCCC)CCN(CCC(=O)OCCOC(=O)C(C)SCCCCCCCCCCCC)CCC(=O)OCCOC(=O)C(C)SCCCCCCCCCCCC. The Hall–Kier alpha value is -4.42. The maximum Gasteiger partial charge on any atom is 0.318 e. The molecule has 0 aliphatic heterocycles. The molecule has 0 aromatic rings. The molecule has 0 saturated heterocycles. The molecule has 0 aliphatic carbocycles. The topological polar surface area (TPSA) is 329 Å². The minimum atomic E-state index is -0.583. The highest BCUT2D eigenvalue weighted by atomic mass is 32.2. The smallest absolute Gasteiger partial charge is 0.318 e.